The molecule has 0 aliphatic rings. The first-order valence-electron chi connectivity index (χ1n) is 8.25. The van der Waals surface area contributed by atoms with Crippen molar-refractivity contribution < 1.29 is 27.4 Å². The molecule has 0 spiro atoms. The number of hydrogen-bond acceptors (Lipinski definition) is 3. The number of methoxy groups -OCH3 is 2. The van der Waals surface area contributed by atoms with Crippen LogP contribution in [0, 0.1) is 0 Å². The highest BCUT2D eigenvalue weighted by Crippen LogP contribution is 2.36. The molecule has 9 heteroatoms. The van der Waals surface area contributed by atoms with E-state index in [-0.39, 0.29) is 5.69 Å². The zero-order chi connectivity index (χ0) is 20.9. The third kappa shape index (κ3) is 5.45. The van der Waals surface area contributed by atoms with Gasteiger partial charge in [-0.3, -0.25) is 0 Å². The van der Waals surface area contributed by atoms with Crippen LogP contribution in [0.1, 0.15) is 11.1 Å². The van der Waals surface area contributed by atoms with Gasteiger partial charge in [0.05, 0.1) is 24.8 Å². The molecule has 0 heterocycles. The SMILES string of the molecule is COc1ccc(CCN(C)C(=O)Nc2ccc(Cl)c(C(F)(F)F)c2)cc1OC. The van der Waals surface area contributed by atoms with Crippen LogP contribution in [0.3, 0.4) is 0 Å². The van der Waals surface area contributed by atoms with Crippen LogP contribution < -0.4 is 14.8 Å². The summed E-state index contributed by atoms with van der Waals surface area (Å²) in [6, 6.07) is 8.11. The molecule has 2 aromatic carbocycles. The van der Waals surface area contributed by atoms with Crippen molar-refractivity contribution in [3.63, 3.8) is 0 Å². The molecule has 0 fully saturated rings. The zero-order valence-electron chi connectivity index (χ0n) is 15.6. The summed E-state index contributed by atoms with van der Waals surface area (Å²) in [5.41, 5.74) is -0.0669. The number of halogens is 4. The Balaban J connectivity index is 2.00. The number of urea groups is 1. The quantitative estimate of drug-likeness (QED) is 0.714. The smallest absolute Gasteiger partial charge is 0.417 e. The summed E-state index contributed by atoms with van der Waals surface area (Å²) in [5.74, 6) is 1.17. The number of alkyl halides is 3. The van der Waals surface area contributed by atoms with E-state index in [2.05, 4.69) is 5.32 Å². The second kappa shape index (κ2) is 9.05. The van der Waals surface area contributed by atoms with Crippen molar-refractivity contribution in [1.29, 1.82) is 0 Å². The summed E-state index contributed by atoms with van der Waals surface area (Å²) in [6.45, 7) is 0.348. The summed E-state index contributed by atoms with van der Waals surface area (Å²) in [7, 11) is 4.62. The van der Waals surface area contributed by atoms with Crippen LogP contribution in [-0.2, 0) is 12.6 Å². The molecular formula is C19H20ClF3N2O3. The van der Waals surface area contributed by atoms with Gasteiger partial charge in [-0.05, 0) is 42.3 Å². The van der Waals surface area contributed by atoms with Crippen molar-refractivity contribution in [2.75, 3.05) is 33.1 Å². The highest BCUT2D eigenvalue weighted by atomic mass is 35.5. The number of carbonyl (C=O) groups is 1. The number of anilines is 1. The van der Waals surface area contributed by atoms with E-state index in [9.17, 15) is 18.0 Å². The fourth-order valence-corrected chi connectivity index (χ4v) is 2.70. The summed E-state index contributed by atoms with van der Waals surface area (Å²) >= 11 is 5.58. The maximum Gasteiger partial charge on any atom is 0.417 e. The van der Waals surface area contributed by atoms with Gasteiger partial charge in [-0.15, -0.1) is 0 Å². The summed E-state index contributed by atoms with van der Waals surface area (Å²) < 4.78 is 49.2. The fraction of sp³-hybridized carbons (Fsp3) is 0.316. The van der Waals surface area contributed by atoms with Gasteiger partial charge in [-0.2, -0.15) is 13.2 Å². The molecule has 0 bridgehead atoms. The lowest BCUT2D eigenvalue weighted by Crippen LogP contribution is -2.33. The van der Waals surface area contributed by atoms with Crippen molar-refractivity contribution >= 4 is 23.3 Å². The minimum atomic E-state index is -4.60. The van der Waals surface area contributed by atoms with Crippen LogP contribution in [0.25, 0.3) is 0 Å². The van der Waals surface area contributed by atoms with E-state index in [1.807, 2.05) is 6.07 Å². The zero-order valence-corrected chi connectivity index (χ0v) is 16.3. The van der Waals surface area contributed by atoms with Gasteiger partial charge >= 0.3 is 12.2 Å². The number of nitrogens with one attached hydrogen (secondary N) is 1. The molecular weight excluding hydrogens is 397 g/mol. The van der Waals surface area contributed by atoms with Crippen molar-refractivity contribution in [2.45, 2.75) is 12.6 Å². The first-order chi connectivity index (χ1) is 13.2. The number of carbonyl (C=O) groups excluding carboxylic acids is 1. The Labute approximate surface area is 166 Å². The van der Waals surface area contributed by atoms with Crippen LogP contribution in [0.2, 0.25) is 5.02 Å². The van der Waals surface area contributed by atoms with Gasteiger partial charge in [-0.25, -0.2) is 4.79 Å². The van der Waals surface area contributed by atoms with Crippen molar-refractivity contribution in [3.05, 3.63) is 52.5 Å². The summed E-state index contributed by atoms with van der Waals surface area (Å²) in [5, 5.41) is 2.02. The third-order valence-corrected chi connectivity index (χ3v) is 4.38. The molecule has 5 nitrogen and oxygen atoms in total. The number of likely N-dealkylation sites (N-methyl/N-ethyl adjacent to an activating group) is 1. The number of benzene rings is 2. The van der Waals surface area contributed by atoms with Gasteiger partial charge in [0.15, 0.2) is 11.5 Å². The molecule has 28 heavy (non-hydrogen) atoms. The van der Waals surface area contributed by atoms with E-state index in [4.69, 9.17) is 21.1 Å². The molecule has 2 rings (SSSR count). The Morgan fingerprint density at radius 2 is 1.79 bits per heavy atom. The lowest BCUT2D eigenvalue weighted by Gasteiger charge is -2.19. The van der Waals surface area contributed by atoms with Crippen LogP contribution in [-0.4, -0.2) is 38.7 Å². The van der Waals surface area contributed by atoms with E-state index in [1.54, 1.807) is 19.2 Å². The predicted molar refractivity (Wildman–Crippen MR) is 101 cm³/mol. The van der Waals surface area contributed by atoms with E-state index < -0.39 is 22.8 Å². The number of ether oxygens (including phenoxy) is 2. The Hall–Kier alpha value is -2.61. The molecule has 0 atom stereocenters. The normalized spacial score (nSPS) is 11.1. The predicted octanol–water partition coefficient (Wildman–Crippen LogP) is 5.08. The van der Waals surface area contributed by atoms with Crippen LogP contribution in [0.4, 0.5) is 23.7 Å². The average molecular weight is 417 g/mol. The number of nitrogens with zero attached hydrogens (tertiary/aromatic N) is 1. The molecule has 0 saturated carbocycles. The highest BCUT2D eigenvalue weighted by Gasteiger charge is 2.33. The van der Waals surface area contributed by atoms with Crippen LogP contribution in [0.15, 0.2) is 36.4 Å². The van der Waals surface area contributed by atoms with E-state index in [0.29, 0.717) is 24.5 Å². The maximum atomic E-state index is 12.9. The van der Waals surface area contributed by atoms with Gasteiger partial charge < -0.3 is 19.7 Å². The first-order valence-corrected chi connectivity index (χ1v) is 8.63. The summed E-state index contributed by atoms with van der Waals surface area (Å²) in [6.07, 6.45) is -4.07. The van der Waals surface area contributed by atoms with Crippen molar-refractivity contribution in [3.8, 4) is 11.5 Å². The largest absolute Gasteiger partial charge is 0.493 e. The monoisotopic (exact) mass is 416 g/mol. The average Bonchev–Trinajstić information content (AvgIpc) is 2.66. The number of rotatable bonds is 6. The molecule has 0 unspecified atom stereocenters. The van der Waals surface area contributed by atoms with E-state index >= 15 is 0 Å². The first kappa shape index (κ1) is 21.7. The van der Waals surface area contributed by atoms with Crippen molar-refractivity contribution in [1.82, 2.24) is 4.90 Å². The van der Waals surface area contributed by atoms with Crippen LogP contribution in [0.5, 0.6) is 11.5 Å². The molecule has 0 saturated heterocycles. The Kier molecular flexibility index (Phi) is 7.01. The molecule has 0 radical (unpaired) electrons. The van der Waals surface area contributed by atoms with Gasteiger partial charge in [0, 0.05) is 19.3 Å². The second-order valence-corrected chi connectivity index (χ2v) is 6.39. The molecule has 2 aromatic rings. The highest BCUT2D eigenvalue weighted by molar-refractivity contribution is 6.31. The van der Waals surface area contributed by atoms with Crippen molar-refractivity contribution in [2.24, 2.45) is 0 Å². The maximum absolute atomic E-state index is 12.9. The Morgan fingerprint density at radius 3 is 2.39 bits per heavy atom. The Bertz CT molecular complexity index is 844. The lowest BCUT2D eigenvalue weighted by atomic mass is 10.1. The number of amides is 2. The molecule has 0 aliphatic heterocycles. The fourth-order valence-electron chi connectivity index (χ4n) is 2.47. The minimum absolute atomic E-state index is 0.0136. The van der Waals surface area contributed by atoms with E-state index in [1.165, 1.54) is 25.2 Å². The van der Waals surface area contributed by atoms with Gasteiger partial charge in [0.1, 0.15) is 0 Å². The molecule has 152 valence electrons. The Morgan fingerprint density at radius 1 is 1.11 bits per heavy atom. The topological polar surface area (TPSA) is 50.8 Å². The molecule has 2 amide bonds. The second-order valence-electron chi connectivity index (χ2n) is 5.98. The van der Waals surface area contributed by atoms with E-state index in [0.717, 1.165) is 17.7 Å². The summed E-state index contributed by atoms with van der Waals surface area (Å²) in [4.78, 5) is 13.6. The molecule has 0 aromatic heterocycles. The standard InChI is InChI=1S/C19H20ClF3N2O3/c1-25(9-8-12-4-7-16(27-2)17(10-12)28-3)18(26)24-13-5-6-15(20)14(11-13)19(21,22)23/h4-7,10-11H,8-9H2,1-3H3,(H,24,26). The van der Waals surface area contributed by atoms with Gasteiger partial charge in [0.25, 0.3) is 0 Å². The van der Waals surface area contributed by atoms with Crippen LogP contribution >= 0.6 is 11.6 Å². The number of hydrogen-bond donors (Lipinski definition) is 1. The molecule has 1 N–H and O–H groups in total. The minimum Gasteiger partial charge on any atom is -0.493 e. The van der Waals surface area contributed by atoms with Gasteiger partial charge in [0.2, 0.25) is 0 Å². The third-order valence-electron chi connectivity index (χ3n) is 4.05. The van der Waals surface area contributed by atoms with Gasteiger partial charge in [-0.1, -0.05) is 17.7 Å². The molecule has 0 aliphatic carbocycles. The lowest BCUT2D eigenvalue weighted by molar-refractivity contribution is -0.137.